The van der Waals surface area contributed by atoms with Crippen molar-refractivity contribution >= 4 is 47.9 Å². The third-order valence-corrected chi connectivity index (χ3v) is 3.56. The summed E-state index contributed by atoms with van der Waals surface area (Å²) in [5, 5.41) is 0. The first-order valence-corrected chi connectivity index (χ1v) is 8.12. The molecule has 102 valence electrons. The number of hydrogen-bond donors (Lipinski definition) is 1. The van der Waals surface area contributed by atoms with E-state index >= 15 is 0 Å². The third kappa shape index (κ3) is 19.7. The molecule has 3 nitrogen and oxygen atoms in total. The Hall–Kier alpha value is 1.17. The van der Waals surface area contributed by atoms with E-state index in [0.29, 0.717) is 6.42 Å². The monoisotopic (exact) mass is 292 g/mol. The van der Waals surface area contributed by atoms with Crippen LogP contribution in [-0.4, -0.2) is 56.5 Å². The molecule has 0 radical (unpaired) electrons. The second-order valence-electron chi connectivity index (χ2n) is 4.47. The van der Waals surface area contributed by atoms with E-state index in [9.17, 15) is 8.42 Å². The van der Waals surface area contributed by atoms with Gasteiger partial charge >= 0.3 is 37.7 Å². The smallest absolute Gasteiger partial charge is 1.00 e. The molecule has 0 amide bonds. The second kappa shape index (κ2) is 13.6. The van der Waals surface area contributed by atoms with Crippen molar-refractivity contribution in [2.75, 3.05) is 5.75 Å². The van der Waals surface area contributed by atoms with Gasteiger partial charge in [0.05, 0.1) is 5.75 Å². The van der Waals surface area contributed by atoms with Crippen LogP contribution in [-0.2, 0) is 10.1 Å². The van der Waals surface area contributed by atoms with Gasteiger partial charge in [-0.1, -0.05) is 64.7 Å². The Labute approximate surface area is 139 Å². The maximum Gasteiger partial charge on any atom is 2.00 e. The topological polar surface area (TPSA) is 54.4 Å². The van der Waals surface area contributed by atoms with Crippen LogP contribution in [0.25, 0.3) is 0 Å². The summed E-state index contributed by atoms with van der Waals surface area (Å²) in [6, 6.07) is 0. The third-order valence-electron chi connectivity index (χ3n) is 2.76. The SMILES string of the molecule is CCCCCCCCCCCCS(=O)(=O)O.[Ca+2].[H-].[H-]. The Kier molecular flexibility index (Phi) is 16.4. The molecular weight excluding hydrogens is 264 g/mol. The van der Waals surface area contributed by atoms with Gasteiger partial charge in [-0.05, 0) is 6.42 Å². The van der Waals surface area contributed by atoms with Crippen molar-refractivity contribution in [1.29, 1.82) is 0 Å². The van der Waals surface area contributed by atoms with E-state index in [1.165, 1.54) is 44.9 Å². The molecule has 0 unspecified atom stereocenters. The zero-order valence-electron chi connectivity index (χ0n) is 13.2. The molecule has 0 aromatic heterocycles. The Bertz CT molecular complexity index is 249. The molecule has 0 heterocycles. The van der Waals surface area contributed by atoms with Crippen molar-refractivity contribution in [3.63, 3.8) is 0 Å². The van der Waals surface area contributed by atoms with Crippen molar-refractivity contribution in [2.45, 2.75) is 71.1 Å². The number of unbranched alkanes of at least 4 members (excludes halogenated alkanes) is 9. The van der Waals surface area contributed by atoms with Crippen LogP contribution in [0, 0.1) is 0 Å². The van der Waals surface area contributed by atoms with Crippen LogP contribution in [0.3, 0.4) is 0 Å². The van der Waals surface area contributed by atoms with E-state index in [2.05, 4.69) is 6.92 Å². The maximum atomic E-state index is 10.4. The predicted octanol–water partition coefficient (Wildman–Crippen LogP) is 3.64. The van der Waals surface area contributed by atoms with Crippen LogP contribution < -0.4 is 0 Å². The average molecular weight is 292 g/mol. The molecule has 0 bridgehead atoms. The van der Waals surface area contributed by atoms with Crippen molar-refractivity contribution in [1.82, 2.24) is 0 Å². The second-order valence-corrected chi connectivity index (χ2v) is 6.04. The molecule has 0 aliphatic heterocycles. The Morgan fingerprint density at radius 3 is 1.53 bits per heavy atom. The van der Waals surface area contributed by atoms with Gasteiger partial charge in [-0.15, -0.1) is 0 Å². The maximum absolute atomic E-state index is 10.4. The Morgan fingerprint density at radius 1 is 0.824 bits per heavy atom. The standard InChI is InChI=1S/C12H26O3S.Ca.2H/c1-2-3-4-5-6-7-8-9-10-11-12-16(13,14)15;;;/h2-12H2,1H3,(H,13,14,15);;;/q;+2;2*-1. The normalized spacial score (nSPS) is 11.2. The molecular formula is C12H28CaO3S. The van der Waals surface area contributed by atoms with Gasteiger partial charge in [0.1, 0.15) is 0 Å². The Balaban J connectivity index is -0.000000375. The van der Waals surface area contributed by atoms with Crippen molar-refractivity contribution in [3.05, 3.63) is 0 Å². The molecule has 5 heteroatoms. The van der Waals surface area contributed by atoms with Crippen LogP contribution in [0.15, 0.2) is 0 Å². The Morgan fingerprint density at radius 2 is 1.18 bits per heavy atom. The molecule has 0 rings (SSSR count). The average Bonchev–Trinajstić information content (AvgIpc) is 2.19. The molecule has 0 atom stereocenters. The minimum atomic E-state index is -3.73. The first-order valence-electron chi connectivity index (χ1n) is 6.51. The zero-order chi connectivity index (χ0) is 12.3. The molecule has 1 N–H and O–H groups in total. The zero-order valence-corrected chi connectivity index (χ0v) is 14.2. The van der Waals surface area contributed by atoms with E-state index in [1.54, 1.807) is 0 Å². The van der Waals surface area contributed by atoms with Gasteiger partial charge in [0, 0.05) is 0 Å². The largest absolute Gasteiger partial charge is 2.00 e. The summed E-state index contributed by atoms with van der Waals surface area (Å²) in [6.07, 6.45) is 11.7. The molecule has 0 aromatic rings. The fourth-order valence-electron chi connectivity index (χ4n) is 1.77. The van der Waals surface area contributed by atoms with Crippen LogP contribution in [0.5, 0.6) is 0 Å². The summed E-state index contributed by atoms with van der Waals surface area (Å²) < 4.78 is 29.4. The van der Waals surface area contributed by atoms with Gasteiger partial charge in [-0.2, -0.15) is 8.42 Å². The van der Waals surface area contributed by atoms with E-state index in [-0.39, 0.29) is 46.3 Å². The molecule has 17 heavy (non-hydrogen) atoms. The molecule has 0 aromatic carbocycles. The van der Waals surface area contributed by atoms with Crippen LogP contribution >= 0.6 is 0 Å². The van der Waals surface area contributed by atoms with Gasteiger partial charge in [0.2, 0.25) is 0 Å². The van der Waals surface area contributed by atoms with E-state index in [1.807, 2.05) is 0 Å². The van der Waals surface area contributed by atoms with E-state index in [4.69, 9.17) is 4.55 Å². The summed E-state index contributed by atoms with van der Waals surface area (Å²) in [7, 11) is -3.73. The van der Waals surface area contributed by atoms with Gasteiger partial charge < -0.3 is 2.85 Å². The first-order chi connectivity index (χ1) is 7.56. The molecule has 0 saturated carbocycles. The van der Waals surface area contributed by atoms with E-state index in [0.717, 1.165) is 12.8 Å². The van der Waals surface area contributed by atoms with Gasteiger partial charge in [-0.3, -0.25) is 4.55 Å². The summed E-state index contributed by atoms with van der Waals surface area (Å²) in [5.41, 5.74) is 0. The van der Waals surface area contributed by atoms with E-state index < -0.39 is 10.1 Å². The first kappa shape index (κ1) is 20.5. The van der Waals surface area contributed by atoms with Gasteiger partial charge in [0.15, 0.2) is 0 Å². The number of rotatable bonds is 11. The van der Waals surface area contributed by atoms with Crippen molar-refractivity contribution in [3.8, 4) is 0 Å². The molecule has 0 aliphatic carbocycles. The summed E-state index contributed by atoms with van der Waals surface area (Å²) >= 11 is 0. The number of hydrogen-bond acceptors (Lipinski definition) is 2. The summed E-state index contributed by atoms with van der Waals surface area (Å²) in [4.78, 5) is 0. The summed E-state index contributed by atoms with van der Waals surface area (Å²) in [6.45, 7) is 2.22. The molecule has 0 fully saturated rings. The fourth-order valence-corrected chi connectivity index (χ4v) is 2.34. The predicted molar refractivity (Wildman–Crippen MR) is 76.2 cm³/mol. The van der Waals surface area contributed by atoms with Crippen molar-refractivity contribution < 1.29 is 15.8 Å². The summed E-state index contributed by atoms with van der Waals surface area (Å²) in [5.74, 6) is -0.0799. The van der Waals surface area contributed by atoms with Crippen LogP contribution in [0.2, 0.25) is 0 Å². The molecule has 0 saturated heterocycles. The van der Waals surface area contributed by atoms with Crippen LogP contribution in [0.4, 0.5) is 0 Å². The fraction of sp³-hybridized carbons (Fsp3) is 1.00. The van der Waals surface area contributed by atoms with Gasteiger partial charge in [0.25, 0.3) is 10.1 Å². The minimum Gasteiger partial charge on any atom is -1.00 e. The molecule has 0 aliphatic rings. The quantitative estimate of drug-likeness (QED) is 0.359. The van der Waals surface area contributed by atoms with Crippen molar-refractivity contribution in [2.24, 2.45) is 0 Å². The minimum absolute atomic E-state index is 0. The van der Waals surface area contributed by atoms with Gasteiger partial charge in [-0.25, -0.2) is 0 Å². The molecule has 0 spiro atoms. The van der Waals surface area contributed by atoms with Crippen LogP contribution in [0.1, 0.15) is 74.0 Å².